The van der Waals surface area contributed by atoms with E-state index in [1.165, 1.54) is 29.2 Å². The maximum atomic E-state index is 14.6. The number of piperidine rings is 1. The van der Waals surface area contributed by atoms with Crippen molar-refractivity contribution >= 4 is 40.8 Å². The number of hydrogen-bond acceptors (Lipinski definition) is 10. The standard InChI is InChI=1S/C42H48FN5O8/c43-31-18-16-28(17-19-31)23-34(46-41(52)54-27-29-11-3-1-4-12-29)40(51)48-26-32(55-42(53)47-21-9-2-10-22-47)25-35(48)36(49)24-30(13-7-8-20-44)38(50)39-45-33-14-5-6-15-37(33)56-39/h1,3-6,11-12,14-19,30,32,34-35H,2,7-10,13,20-27,44H2,(H,46,52)/t30-,32-,34-,35+/m1/s1. The number of ether oxygens (including phenoxy) is 2. The van der Waals surface area contributed by atoms with Gasteiger partial charge in [-0.3, -0.25) is 14.4 Å². The number of para-hydroxylation sites is 2. The van der Waals surface area contributed by atoms with E-state index >= 15 is 0 Å². The molecule has 1 aromatic heterocycles. The van der Waals surface area contributed by atoms with Crippen molar-refractivity contribution in [3.05, 3.63) is 102 Å². The number of benzene rings is 3. The van der Waals surface area contributed by atoms with Gasteiger partial charge in [-0.15, -0.1) is 0 Å². The van der Waals surface area contributed by atoms with E-state index in [0.29, 0.717) is 55.6 Å². The number of nitrogens with one attached hydrogen (secondary N) is 1. The molecule has 6 rings (SSSR count). The van der Waals surface area contributed by atoms with Crippen LogP contribution in [0.5, 0.6) is 0 Å². The molecule has 14 heteroatoms. The van der Waals surface area contributed by atoms with Crippen LogP contribution in [0.3, 0.4) is 0 Å². The average molecular weight is 770 g/mol. The molecule has 4 aromatic rings. The third kappa shape index (κ3) is 10.6. The molecule has 3 heterocycles. The lowest BCUT2D eigenvalue weighted by atomic mass is 9.89. The van der Waals surface area contributed by atoms with Crippen molar-refractivity contribution in [3.63, 3.8) is 0 Å². The molecule has 2 aliphatic rings. The fourth-order valence-electron chi connectivity index (χ4n) is 7.28. The molecular weight excluding hydrogens is 721 g/mol. The summed E-state index contributed by atoms with van der Waals surface area (Å²) in [5.41, 5.74) is 7.99. The quantitative estimate of drug-likeness (QED) is 0.102. The largest absolute Gasteiger partial charge is 0.445 e. The second-order valence-electron chi connectivity index (χ2n) is 14.4. The molecule has 0 aliphatic carbocycles. The second-order valence-corrected chi connectivity index (χ2v) is 14.4. The minimum absolute atomic E-state index is 0.00151. The van der Waals surface area contributed by atoms with Crippen molar-refractivity contribution in [2.45, 2.75) is 82.6 Å². The summed E-state index contributed by atoms with van der Waals surface area (Å²) < 4.78 is 31.0. The van der Waals surface area contributed by atoms with Crippen LogP contribution in [0.2, 0.25) is 0 Å². The molecule has 2 saturated heterocycles. The molecule has 4 atom stereocenters. The second kappa shape index (κ2) is 19.3. The molecule has 0 saturated carbocycles. The molecule has 13 nitrogen and oxygen atoms in total. The molecule has 3 N–H and O–H groups in total. The average Bonchev–Trinajstić information content (AvgIpc) is 3.85. The number of hydrogen-bond donors (Lipinski definition) is 2. The normalized spacial score (nSPS) is 18.0. The van der Waals surface area contributed by atoms with E-state index in [9.17, 15) is 28.4 Å². The van der Waals surface area contributed by atoms with E-state index < -0.39 is 59.6 Å². The molecule has 0 spiro atoms. The highest BCUT2D eigenvalue weighted by atomic mass is 19.1. The number of Topliss-reactive ketones (excluding diaryl/α,β-unsaturated/α-hetero) is 2. The molecule has 3 amide bonds. The lowest BCUT2D eigenvalue weighted by Gasteiger charge is -2.29. The monoisotopic (exact) mass is 769 g/mol. The van der Waals surface area contributed by atoms with Crippen LogP contribution in [0.4, 0.5) is 14.0 Å². The van der Waals surface area contributed by atoms with Crippen LogP contribution in [0, 0.1) is 11.7 Å². The Balaban J connectivity index is 1.25. The van der Waals surface area contributed by atoms with Gasteiger partial charge in [-0.1, -0.05) is 61.0 Å². The molecule has 0 radical (unpaired) electrons. The highest BCUT2D eigenvalue weighted by molar-refractivity contribution is 6.00. The Labute approximate surface area is 324 Å². The lowest BCUT2D eigenvalue weighted by Crippen LogP contribution is -2.53. The zero-order chi connectivity index (χ0) is 39.4. The lowest BCUT2D eigenvalue weighted by molar-refractivity contribution is -0.139. The smallest absolute Gasteiger partial charge is 0.410 e. The summed E-state index contributed by atoms with van der Waals surface area (Å²) in [6.07, 6.45) is 1.73. The van der Waals surface area contributed by atoms with Gasteiger partial charge in [0.05, 0.1) is 12.6 Å². The number of alkyl carbamates (subject to hydrolysis) is 1. The number of oxazole rings is 1. The third-order valence-corrected chi connectivity index (χ3v) is 10.3. The highest BCUT2D eigenvalue weighted by Gasteiger charge is 2.45. The molecule has 2 fully saturated rings. The fraction of sp³-hybridized carbons (Fsp3) is 0.429. The van der Waals surface area contributed by atoms with Crippen molar-refractivity contribution in [3.8, 4) is 0 Å². The van der Waals surface area contributed by atoms with E-state index in [1.54, 1.807) is 53.4 Å². The van der Waals surface area contributed by atoms with Crippen LogP contribution in [-0.2, 0) is 32.1 Å². The fourth-order valence-corrected chi connectivity index (χ4v) is 7.28. The number of carbonyl (C=O) groups excluding carboxylic acids is 5. The van der Waals surface area contributed by atoms with Crippen LogP contribution < -0.4 is 11.1 Å². The maximum absolute atomic E-state index is 14.6. The summed E-state index contributed by atoms with van der Waals surface area (Å²) in [7, 11) is 0. The molecule has 0 unspecified atom stereocenters. The Morgan fingerprint density at radius 2 is 1.64 bits per heavy atom. The van der Waals surface area contributed by atoms with Gasteiger partial charge in [0, 0.05) is 38.3 Å². The van der Waals surface area contributed by atoms with Crippen LogP contribution in [0.25, 0.3) is 11.1 Å². The van der Waals surface area contributed by atoms with Crippen molar-refractivity contribution in [2.75, 3.05) is 26.2 Å². The van der Waals surface area contributed by atoms with E-state index in [-0.39, 0.29) is 38.3 Å². The molecule has 56 heavy (non-hydrogen) atoms. The first-order chi connectivity index (χ1) is 27.2. The number of halogens is 1. The van der Waals surface area contributed by atoms with Crippen LogP contribution in [0.15, 0.2) is 83.3 Å². The van der Waals surface area contributed by atoms with Gasteiger partial charge < -0.3 is 34.7 Å². The number of aromatic nitrogens is 1. The molecular formula is C42H48FN5O8. The van der Waals surface area contributed by atoms with E-state index in [0.717, 1.165) is 24.8 Å². The van der Waals surface area contributed by atoms with Gasteiger partial charge in [-0.25, -0.2) is 19.0 Å². The Morgan fingerprint density at radius 3 is 2.38 bits per heavy atom. The summed E-state index contributed by atoms with van der Waals surface area (Å²) in [6, 6.07) is 19.2. The van der Waals surface area contributed by atoms with Crippen LogP contribution in [-0.4, -0.2) is 88.8 Å². The number of ketones is 2. The molecule has 0 bridgehead atoms. The van der Waals surface area contributed by atoms with Crippen LogP contribution >= 0.6 is 0 Å². The van der Waals surface area contributed by atoms with Gasteiger partial charge in [-0.05, 0) is 74.0 Å². The summed E-state index contributed by atoms with van der Waals surface area (Å²) in [5, 5.41) is 2.66. The third-order valence-electron chi connectivity index (χ3n) is 10.3. The number of nitrogens with zero attached hydrogens (tertiary/aromatic N) is 3. The number of fused-ring (bicyclic) bond motifs is 1. The molecule has 3 aromatic carbocycles. The van der Waals surface area contributed by atoms with Gasteiger partial charge in [-0.2, -0.15) is 0 Å². The SMILES string of the molecule is NCCCC[C@H](CC(=O)[C@@H]1C[C@@H](OC(=O)N2CCCCC2)CN1C(=O)[C@@H](Cc1ccc(F)cc1)NC(=O)OCc1ccccc1)C(=O)c1nc2ccccc2o1. The number of carbonyl (C=O) groups is 5. The first-order valence-electron chi connectivity index (χ1n) is 19.3. The summed E-state index contributed by atoms with van der Waals surface area (Å²) in [5.74, 6) is -2.87. The first-order valence-corrected chi connectivity index (χ1v) is 19.3. The van der Waals surface area contributed by atoms with Crippen molar-refractivity contribution in [1.82, 2.24) is 20.1 Å². The minimum atomic E-state index is -1.24. The number of nitrogens with two attached hydrogens (primary N) is 1. The summed E-state index contributed by atoms with van der Waals surface area (Å²) in [4.78, 5) is 76.6. The summed E-state index contributed by atoms with van der Waals surface area (Å²) >= 11 is 0. The van der Waals surface area contributed by atoms with Gasteiger partial charge in [0.2, 0.25) is 11.7 Å². The van der Waals surface area contributed by atoms with E-state index in [4.69, 9.17) is 19.6 Å². The van der Waals surface area contributed by atoms with Crippen LogP contribution in [0.1, 0.15) is 73.2 Å². The highest BCUT2D eigenvalue weighted by Crippen LogP contribution is 2.29. The number of likely N-dealkylation sites (tertiary alicyclic amines) is 2. The number of amides is 3. The van der Waals surface area contributed by atoms with Gasteiger partial charge in [0.25, 0.3) is 5.89 Å². The molecule has 296 valence electrons. The number of rotatable bonds is 16. The Morgan fingerprint density at radius 1 is 0.911 bits per heavy atom. The predicted octanol–water partition coefficient (Wildman–Crippen LogP) is 5.98. The number of unbranched alkanes of at least 4 members (excludes halogenated alkanes) is 1. The zero-order valence-corrected chi connectivity index (χ0v) is 31.3. The van der Waals surface area contributed by atoms with Crippen molar-refractivity contribution in [1.29, 1.82) is 0 Å². The van der Waals surface area contributed by atoms with Crippen molar-refractivity contribution in [2.24, 2.45) is 11.7 Å². The Bertz CT molecular complexity index is 1930. The Kier molecular flexibility index (Phi) is 13.8. The predicted molar refractivity (Wildman–Crippen MR) is 204 cm³/mol. The molecule has 2 aliphatic heterocycles. The van der Waals surface area contributed by atoms with Gasteiger partial charge in [0.1, 0.15) is 30.1 Å². The van der Waals surface area contributed by atoms with Crippen molar-refractivity contribution < 1.29 is 42.3 Å². The van der Waals surface area contributed by atoms with Gasteiger partial charge >= 0.3 is 12.2 Å². The topological polar surface area (TPSA) is 174 Å². The van der Waals surface area contributed by atoms with E-state index in [2.05, 4.69) is 10.3 Å². The first kappa shape index (κ1) is 40.0. The van der Waals surface area contributed by atoms with E-state index in [1.807, 2.05) is 6.07 Å². The Hall–Kier alpha value is -5.63. The summed E-state index contributed by atoms with van der Waals surface area (Å²) in [6.45, 7) is 1.33. The zero-order valence-electron chi connectivity index (χ0n) is 31.3. The minimum Gasteiger partial charge on any atom is -0.445 e. The maximum Gasteiger partial charge on any atom is 0.410 e. The van der Waals surface area contributed by atoms with Gasteiger partial charge in [0.15, 0.2) is 11.4 Å².